The summed E-state index contributed by atoms with van der Waals surface area (Å²) in [6, 6.07) is 6.68. The normalized spacial score (nSPS) is 23.4. The quantitative estimate of drug-likeness (QED) is 0.897. The van der Waals surface area contributed by atoms with Gasteiger partial charge in [0, 0.05) is 19.1 Å². The minimum atomic E-state index is -0.911. The average molecular weight is 291 g/mol. The Balaban J connectivity index is 1.65. The highest BCUT2D eigenvalue weighted by molar-refractivity contribution is 5.68. The van der Waals surface area contributed by atoms with Crippen LogP contribution < -0.4 is 4.74 Å². The lowest BCUT2D eigenvalue weighted by atomic mass is 9.92. The zero-order valence-corrected chi connectivity index (χ0v) is 12.5. The van der Waals surface area contributed by atoms with Crippen molar-refractivity contribution in [1.29, 1.82) is 0 Å². The van der Waals surface area contributed by atoms with Gasteiger partial charge in [0.2, 0.25) is 0 Å². The zero-order chi connectivity index (χ0) is 15.0. The zero-order valence-electron chi connectivity index (χ0n) is 12.5. The molecule has 5 heteroatoms. The fourth-order valence-corrected chi connectivity index (χ4v) is 3.43. The molecule has 3 rings (SSSR count). The molecule has 1 N–H and O–H groups in total. The molecular formula is C16H21NO4. The first-order chi connectivity index (χ1) is 10.0. The summed E-state index contributed by atoms with van der Waals surface area (Å²) in [7, 11) is 1.69. The maximum atomic E-state index is 10.6. The predicted octanol–water partition coefficient (Wildman–Crippen LogP) is 1.86. The second-order valence-electron chi connectivity index (χ2n) is 6.16. The van der Waals surface area contributed by atoms with E-state index >= 15 is 0 Å². The highest BCUT2D eigenvalue weighted by Crippen LogP contribution is 2.42. The number of likely N-dealkylation sites (tertiary alicyclic amines) is 1. The lowest BCUT2D eigenvalue weighted by molar-refractivity contribution is -0.169. The van der Waals surface area contributed by atoms with Gasteiger partial charge in [-0.2, -0.15) is 0 Å². The number of hydrogen-bond donors (Lipinski definition) is 1. The molecule has 1 unspecified atom stereocenters. The van der Waals surface area contributed by atoms with Crippen LogP contribution in [0.5, 0.6) is 5.75 Å². The molecule has 1 saturated heterocycles. The molecule has 1 aromatic rings. The van der Waals surface area contributed by atoms with E-state index in [1.54, 1.807) is 7.11 Å². The Morgan fingerprint density at radius 3 is 2.90 bits per heavy atom. The van der Waals surface area contributed by atoms with Crippen molar-refractivity contribution in [2.45, 2.75) is 31.4 Å². The van der Waals surface area contributed by atoms with Crippen LogP contribution in [0, 0.1) is 0 Å². The van der Waals surface area contributed by atoms with Gasteiger partial charge in [0.15, 0.2) is 0 Å². The van der Waals surface area contributed by atoms with E-state index in [4.69, 9.17) is 14.6 Å². The molecule has 1 heterocycles. The van der Waals surface area contributed by atoms with Crippen molar-refractivity contribution >= 4 is 5.97 Å². The first kappa shape index (κ1) is 14.4. The number of aryl methyl sites for hydroxylation is 1. The number of methoxy groups -OCH3 is 1. The Bertz CT molecular complexity index is 551. The molecule has 0 aromatic heterocycles. The van der Waals surface area contributed by atoms with Gasteiger partial charge in [-0.3, -0.25) is 4.90 Å². The van der Waals surface area contributed by atoms with Gasteiger partial charge in [-0.25, -0.2) is 4.79 Å². The first-order valence-electron chi connectivity index (χ1n) is 7.27. The van der Waals surface area contributed by atoms with E-state index in [-0.39, 0.29) is 12.2 Å². The smallest absolute Gasteiger partial charge is 0.329 e. The van der Waals surface area contributed by atoms with Gasteiger partial charge in [0.1, 0.15) is 12.4 Å². The number of rotatable bonds is 5. The Kier molecular flexibility index (Phi) is 3.63. The lowest BCUT2D eigenvalue weighted by Gasteiger charge is -2.50. The fraction of sp³-hybridized carbons (Fsp3) is 0.562. The summed E-state index contributed by atoms with van der Waals surface area (Å²) in [6.07, 6.45) is 2.20. The Morgan fingerprint density at radius 1 is 1.48 bits per heavy atom. The second kappa shape index (κ2) is 5.31. The van der Waals surface area contributed by atoms with Crippen molar-refractivity contribution in [3.8, 4) is 5.75 Å². The van der Waals surface area contributed by atoms with Crippen LogP contribution in [-0.4, -0.2) is 48.4 Å². The number of carboxylic acids is 1. The average Bonchev–Trinajstić information content (AvgIpc) is 2.84. The van der Waals surface area contributed by atoms with Crippen molar-refractivity contribution in [1.82, 2.24) is 4.90 Å². The topological polar surface area (TPSA) is 59.0 Å². The van der Waals surface area contributed by atoms with Crippen LogP contribution in [0.3, 0.4) is 0 Å². The third-order valence-electron chi connectivity index (χ3n) is 4.46. The van der Waals surface area contributed by atoms with Gasteiger partial charge in [-0.15, -0.1) is 0 Å². The lowest BCUT2D eigenvalue weighted by Crippen LogP contribution is -2.62. The molecular weight excluding hydrogens is 270 g/mol. The van der Waals surface area contributed by atoms with Crippen molar-refractivity contribution in [2.24, 2.45) is 0 Å². The highest BCUT2D eigenvalue weighted by Gasteiger charge is 2.45. The molecule has 2 aliphatic rings. The summed E-state index contributed by atoms with van der Waals surface area (Å²) >= 11 is 0. The molecule has 0 amide bonds. The van der Waals surface area contributed by atoms with Crippen LogP contribution in [0.1, 0.15) is 30.5 Å². The standard InChI is InChI=1S/C16H21NO4/c1-16(21-8-15(18)19)9-17(10-16)14-6-4-11-3-5-12(20-2)7-13(11)14/h3,5,7,14H,4,6,8-10H2,1-2H3,(H,18,19). The van der Waals surface area contributed by atoms with E-state index in [9.17, 15) is 4.79 Å². The number of ether oxygens (including phenoxy) is 2. The molecule has 1 aromatic carbocycles. The Labute approximate surface area is 124 Å². The molecule has 1 aliphatic heterocycles. The number of carbonyl (C=O) groups is 1. The summed E-state index contributed by atoms with van der Waals surface area (Å²) in [5.41, 5.74) is 2.40. The van der Waals surface area contributed by atoms with E-state index in [1.165, 1.54) is 11.1 Å². The maximum absolute atomic E-state index is 10.6. The van der Waals surface area contributed by atoms with Crippen LogP contribution in [0.15, 0.2) is 18.2 Å². The minimum absolute atomic E-state index is 0.223. The molecule has 0 saturated carbocycles. The van der Waals surface area contributed by atoms with Crippen molar-refractivity contribution in [3.05, 3.63) is 29.3 Å². The molecule has 0 spiro atoms. The SMILES string of the molecule is COc1ccc2c(c1)C(N1CC(C)(OCC(=O)O)C1)CC2. The molecule has 1 aliphatic carbocycles. The number of carboxylic acid groups (broad SMARTS) is 1. The molecule has 1 atom stereocenters. The molecule has 5 nitrogen and oxygen atoms in total. The Hall–Kier alpha value is -1.59. The molecule has 114 valence electrons. The van der Waals surface area contributed by atoms with Gasteiger partial charge in [-0.1, -0.05) is 6.07 Å². The van der Waals surface area contributed by atoms with Crippen LogP contribution in [0.4, 0.5) is 0 Å². The van der Waals surface area contributed by atoms with Crippen LogP contribution in [0.2, 0.25) is 0 Å². The molecule has 1 fully saturated rings. The van der Waals surface area contributed by atoms with Crippen molar-refractivity contribution in [2.75, 3.05) is 26.8 Å². The van der Waals surface area contributed by atoms with E-state index in [0.717, 1.165) is 31.7 Å². The third-order valence-corrected chi connectivity index (χ3v) is 4.46. The summed E-state index contributed by atoms with van der Waals surface area (Å²) in [5, 5.41) is 8.71. The fourth-order valence-electron chi connectivity index (χ4n) is 3.43. The number of nitrogens with zero attached hydrogens (tertiary/aromatic N) is 1. The van der Waals surface area contributed by atoms with Gasteiger partial charge in [-0.05, 0) is 43.0 Å². The van der Waals surface area contributed by atoms with Crippen LogP contribution >= 0.6 is 0 Å². The number of benzene rings is 1. The summed E-state index contributed by atoms with van der Waals surface area (Å²) in [4.78, 5) is 13.0. The van der Waals surface area contributed by atoms with E-state index < -0.39 is 5.97 Å². The minimum Gasteiger partial charge on any atom is -0.497 e. The molecule has 21 heavy (non-hydrogen) atoms. The number of aliphatic carboxylic acids is 1. The monoisotopic (exact) mass is 291 g/mol. The van der Waals surface area contributed by atoms with Crippen molar-refractivity contribution < 1.29 is 19.4 Å². The van der Waals surface area contributed by atoms with Gasteiger partial charge < -0.3 is 14.6 Å². The largest absolute Gasteiger partial charge is 0.497 e. The predicted molar refractivity (Wildman–Crippen MR) is 77.6 cm³/mol. The summed E-state index contributed by atoms with van der Waals surface area (Å²) in [6.45, 7) is 3.32. The first-order valence-corrected chi connectivity index (χ1v) is 7.27. The van der Waals surface area contributed by atoms with Gasteiger partial charge in [0.05, 0.1) is 12.7 Å². The van der Waals surface area contributed by atoms with Crippen LogP contribution in [0.25, 0.3) is 0 Å². The third kappa shape index (κ3) is 2.76. The maximum Gasteiger partial charge on any atom is 0.329 e. The highest BCUT2D eigenvalue weighted by atomic mass is 16.5. The van der Waals surface area contributed by atoms with Crippen molar-refractivity contribution in [3.63, 3.8) is 0 Å². The van der Waals surface area contributed by atoms with Crippen LogP contribution in [-0.2, 0) is 16.0 Å². The molecule has 0 radical (unpaired) electrons. The van der Waals surface area contributed by atoms with Gasteiger partial charge in [0.25, 0.3) is 0 Å². The van der Waals surface area contributed by atoms with E-state index in [2.05, 4.69) is 17.0 Å². The second-order valence-corrected chi connectivity index (χ2v) is 6.16. The number of hydrogen-bond acceptors (Lipinski definition) is 4. The van der Waals surface area contributed by atoms with E-state index in [1.807, 2.05) is 13.0 Å². The summed E-state index contributed by atoms with van der Waals surface area (Å²) < 4.78 is 10.8. The van der Waals surface area contributed by atoms with E-state index in [0.29, 0.717) is 6.04 Å². The molecule has 0 bridgehead atoms. The Morgan fingerprint density at radius 2 is 2.24 bits per heavy atom. The van der Waals surface area contributed by atoms with Gasteiger partial charge >= 0.3 is 5.97 Å². The summed E-state index contributed by atoms with van der Waals surface area (Å²) in [5.74, 6) is -0.0170. The number of fused-ring (bicyclic) bond motifs is 1.